The molecule has 0 aromatic carbocycles. The van der Waals surface area contributed by atoms with Crippen LogP contribution in [0.5, 0.6) is 0 Å². The monoisotopic (exact) mass is 431 g/mol. The van der Waals surface area contributed by atoms with Crippen molar-refractivity contribution < 1.29 is 4.79 Å². The second-order valence-corrected chi connectivity index (χ2v) is 4.79. The predicted molar refractivity (Wildman–Crippen MR) is 101 cm³/mol. The number of nitrogens with zero attached hydrogens (tertiary/aromatic N) is 5. The fourth-order valence-electron chi connectivity index (χ4n) is 2.08. The summed E-state index contributed by atoms with van der Waals surface area (Å²) < 4.78 is 0. The number of hydrogen-bond acceptors (Lipinski definition) is 5. The maximum Gasteiger partial charge on any atom is 0.242 e. The number of halogens is 1. The number of guanidine groups is 1. The summed E-state index contributed by atoms with van der Waals surface area (Å²) in [6, 6.07) is 1.79. The SMILES string of the molecule is C=CCNC(=O)CN=C(N)N1CCN(c2ncccn2)CC1.I. The maximum absolute atomic E-state index is 11.5. The summed E-state index contributed by atoms with van der Waals surface area (Å²) in [4.78, 5) is 28.1. The Bertz CT molecular complexity index is 529. The number of nitrogens with two attached hydrogens (primary N) is 1. The van der Waals surface area contributed by atoms with Crippen molar-refractivity contribution in [1.82, 2.24) is 20.2 Å². The Hall–Kier alpha value is -1.91. The zero-order chi connectivity index (χ0) is 15.8. The van der Waals surface area contributed by atoms with Crippen LogP contribution >= 0.6 is 24.0 Å². The molecule has 1 aromatic rings. The van der Waals surface area contributed by atoms with Gasteiger partial charge in [0.15, 0.2) is 5.96 Å². The molecule has 1 aliphatic rings. The van der Waals surface area contributed by atoms with Crippen LogP contribution in [0.25, 0.3) is 0 Å². The lowest BCUT2D eigenvalue weighted by molar-refractivity contribution is -0.119. The van der Waals surface area contributed by atoms with Gasteiger partial charge in [-0.05, 0) is 6.07 Å². The van der Waals surface area contributed by atoms with Gasteiger partial charge in [0.1, 0.15) is 6.54 Å². The topological polar surface area (TPSA) is 99.7 Å². The van der Waals surface area contributed by atoms with E-state index in [9.17, 15) is 4.79 Å². The van der Waals surface area contributed by atoms with Gasteiger partial charge in [0, 0.05) is 45.1 Å². The average Bonchev–Trinajstić information content (AvgIpc) is 2.58. The molecule has 0 spiro atoms. The van der Waals surface area contributed by atoms with Gasteiger partial charge < -0.3 is 20.9 Å². The molecule has 3 N–H and O–H groups in total. The number of aromatic nitrogens is 2. The smallest absolute Gasteiger partial charge is 0.242 e. The predicted octanol–water partition coefficient (Wildman–Crippen LogP) is -0.166. The summed E-state index contributed by atoms with van der Waals surface area (Å²) in [5.41, 5.74) is 5.94. The summed E-state index contributed by atoms with van der Waals surface area (Å²) in [7, 11) is 0. The molecule has 1 aromatic heterocycles. The highest BCUT2D eigenvalue weighted by Gasteiger charge is 2.19. The first kappa shape index (κ1) is 19.1. The van der Waals surface area contributed by atoms with Crippen molar-refractivity contribution in [3.63, 3.8) is 0 Å². The number of piperazine rings is 1. The lowest BCUT2D eigenvalue weighted by Crippen LogP contribution is -2.51. The molecule has 0 radical (unpaired) electrons. The number of carbonyl (C=O) groups excluding carboxylic acids is 1. The van der Waals surface area contributed by atoms with Crippen molar-refractivity contribution in [3.05, 3.63) is 31.1 Å². The van der Waals surface area contributed by atoms with Crippen molar-refractivity contribution >= 4 is 41.8 Å². The molecule has 8 nitrogen and oxygen atoms in total. The standard InChI is InChI=1S/C14H21N7O.HI/c1-2-4-16-12(22)11-19-13(15)20-7-9-21(10-8-20)14-17-5-3-6-18-14;/h2-3,5-6H,1,4,7-11H2,(H2,15,19)(H,16,22);1H. The Morgan fingerprint density at radius 2 is 2.00 bits per heavy atom. The minimum absolute atomic E-state index is 0. The van der Waals surface area contributed by atoms with E-state index in [1.165, 1.54) is 0 Å². The molecule has 0 unspecified atom stereocenters. The van der Waals surface area contributed by atoms with E-state index in [0.29, 0.717) is 12.5 Å². The van der Waals surface area contributed by atoms with Crippen molar-refractivity contribution in [2.45, 2.75) is 0 Å². The normalized spacial score (nSPS) is 14.9. The lowest BCUT2D eigenvalue weighted by Gasteiger charge is -2.35. The number of aliphatic imine (C=N–C) groups is 1. The van der Waals surface area contributed by atoms with Crippen LogP contribution in [0.4, 0.5) is 5.95 Å². The van der Waals surface area contributed by atoms with Gasteiger partial charge in [0.25, 0.3) is 0 Å². The molecule has 1 saturated heterocycles. The molecule has 1 amide bonds. The third kappa shape index (κ3) is 6.00. The van der Waals surface area contributed by atoms with E-state index in [-0.39, 0.29) is 36.4 Å². The van der Waals surface area contributed by atoms with Crippen LogP contribution in [0.1, 0.15) is 0 Å². The van der Waals surface area contributed by atoms with E-state index in [1.54, 1.807) is 24.5 Å². The molecule has 1 aliphatic heterocycles. The van der Waals surface area contributed by atoms with E-state index >= 15 is 0 Å². The first-order chi connectivity index (χ1) is 10.7. The van der Waals surface area contributed by atoms with Crippen LogP contribution in [0.3, 0.4) is 0 Å². The second-order valence-electron chi connectivity index (χ2n) is 4.79. The highest BCUT2D eigenvalue weighted by atomic mass is 127. The molecule has 0 saturated carbocycles. The minimum Gasteiger partial charge on any atom is -0.370 e. The van der Waals surface area contributed by atoms with E-state index in [2.05, 4.69) is 31.8 Å². The molecular weight excluding hydrogens is 409 g/mol. The highest BCUT2D eigenvalue weighted by Crippen LogP contribution is 2.09. The van der Waals surface area contributed by atoms with Gasteiger partial charge in [-0.3, -0.25) is 4.79 Å². The fraction of sp³-hybridized carbons (Fsp3) is 0.429. The number of rotatable bonds is 5. The van der Waals surface area contributed by atoms with Crippen molar-refractivity contribution in [3.8, 4) is 0 Å². The van der Waals surface area contributed by atoms with Crippen molar-refractivity contribution in [2.24, 2.45) is 10.7 Å². The van der Waals surface area contributed by atoms with Crippen molar-refractivity contribution in [2.75, 3.05) is 44.2 Å². The molecule has 1 fully saturated rings. The van der Waals surface area contributed by atoms with E-state index in [4.69, 9.17) is 5.73 Å². The molecule has 126 valence electrons. The summed E-state index contributed by atoms with van der Waals surface area (Å²) in [6.45, 7) is 6.98. The fourth-order valence-corrected chi connectivity index (χ4v) is 2.08. The first-order valence-corrected chi connectivity index (χ1v) is 7.15. The van der Waals surface area contributed by atoms with Gasteiger partial charge in [-0.2, -0.15) is 0 Å². The van der Waals surface area contributed by atoms with E-state index in [1.807, 2.05) is 4.90 Å². The van der Waals surface area contributed by atoms with Crippen LogP contribution in [0.2, 0.25) is 0 Å². The van der Waals surface area contributed by atoms with Gasteiger partial charge >= 0.3 is 0 Å². The Morgan fingerprint density at radius 3 is 2.61 bits per heavy atom. The lowest BCUT2D eigenvalue weighted by atomic mass is 10.3. The molecule has 23 heavy (non-hydrogen) atoms. The summed E-state index contributed by atoms with van der Waals surface area (Å²) in [5, 5.41) is 2.66. The van der Waals surface area contributed by atoms with Crippen LogP contribution in [-0.2, 0) is 4.79 Å². The second kappa shape index (κ2) is 9.98. The number of nitrogens with one attached hydrogen (secondary N) is 1. The van der Waals surface area contributed by atoms with E-state index in [0.717, 1.165) is 32.1 Å². The molecule has 9 heteroatoms. The summed E-state index contributed by atoms with van der Waals surface area (Å²) >= 11 is 0. The third-order valence-electron chi connectivity index (χ3n) is 3.27. The van der Waals surface area contributed by atoms with Crippen LogP contribution < -0.4 is 16.0 Å². The molecule has 2 rings (SSSR count). The van der Waals surface area contributed by atoms with Crippen LogP contribution in [-0.4, -0.2) is 66.0 Å². The third-order valence-corrected chi connectivity index (χ3v) is 3.27. The van der Waals surface area contributed by atoms with Crippen LogP contribution in [0.15, 0.2) is 36.1 Å². The first-order valence-electron chi connectivity index (χ1n) is 7.15. The van der Waals surface area contributed by atoms with Gasteiger partial charge in [0.05, 0.1) is 0 Å². The van der Waals surface area contributed by atoms with Gasteiger partial charge in [-0.15, -0.1) is 30.6 Å². The van der Waals surface area contributed by atoms with E-state index < -0.39 is 0 Å². The molecule has 0 aliphatic carbocycles. The average molecular weight is 431 g/mol. The minimum atomic E-state index is -0.167. The summed E-state index contributed by atoms with van der Waals surface area (Å²) in [5.74, 6) is 0.947. The van der Waals surface area contributed by atoms with Crippen molar-refractivity contribution in [1.29, 1.82) is 0 Å². The number of hydrogen-bond donors (Lipinski definition) is 2. The zero-order valence-corrected chi connectivity index (χ0v) is 15.2. The Labute approximate surface area is 152 Å². The largest absolute Gasteiger partial charge is 0.370 e. The molecule has 2 heterocycles. The number of anilines is 1. The Balaban J connectivity index is 0.00000264. The highest BCUT2D eigenvalue weighted by molar-refractivity contribution is 14.0. The maximum atomic E-state index is 11.5. The Kier molecular flexibility index (Phi) is 8.30. The number of amides is 1. The molecular formula is C14H22IN7O. The number of carbonyl (C=O) groups is 1. The van der Waals surface area contributed by atoms with Gasteiger partial charge in [-0.1, -0.05) is 6.08 Å². The van der Waals surface area contributed by atoms with Crippen LogP contribution in [0, 0.1) is 0 Å². The summed E-state index contributed by atoms with van der Waals surface area (Å²) in [6.07, 6.45) is 5.08. The molecule has 0 bridgehead atoms. The Morgan fingerprint density at radius 1 is 1.35 bits per heavy atom. The van der Waals surface area contributed by atoms with Gasteiger partial charge in [0.2, 0.25) is 11.9 Å². The zero-order valence-electron chi connectivity index (χ0n) is 12.9. The molecule has 0 atom stereocenters. The van der Waals surface area contributed by atoms with Gasteiger partial charge in [-0.25, -0.2) is 15.0 Å². The quantitative estimate of drug-likeness (QED) is 0.291.